The summed E-state index contributed by atoms with van der Waals surface area (Å²) in [6.45, 7) is 9.21. The van der Waals surface area contributed by atoms with Crippen molar-refractivity contribution >= 4 is 0 Å². The van der Waals surface area contributed by atoms with Gasteiger partial charge in [0.1, 0.15) is 6.73 Å². The largest absolute Gasteiger partial charge is 0.374 e. The lowest BCUT2D eigenvalue weighted by Crippen LogP contribution is -2.35. The minimum atomic E-state index is -0.448. The Balaban J connectivity index is 1.82. The van der Waals surface area contributed by atoms with Crippen molar-refractivity contribution in [1.29, 1.82) is 0 Å². The molecule has 0 aliphatic rings. The summed E-state index contributed by atoms with van der Waals surface area (Å²) in [4.78, 5) is 25.9. The normalized spacial score (nSPS) is 11.0. The van der Waals surface area contributed by atoms with E-state index in [1.54, 1.807) is 6.92 Å². The second-order valence-corrected chi connectivity index (χ2v) is 6.19. The van der Waals surface area contributed by atoms with Crippen molar-refractivity contribution in [3.8, 4) is 0 Å². The molecule has 1 N–H and O–H groups in total. The number of rotatable bonds is 8. The Morgan fingerprint density at radius 2 is 1.64 bits per heavy atom. The van der Waals surface area contributed by atoms with Crippen molar-refractivity contribution in [2.75, 3.05) is 13.2 Å². The minimum absolute atomic E-state index is 0.0986. The highest BCUT2D eigenvalue weighted by Crippen LogP contribution is 2.09. The molecule has 0 spiro atoms. The van der Waals surface area contributed by atoms with Gasteiger partial charge in [0.25, 0.3) is 5.56 Å². The smallest absolute Gasteiger partial charge is 0.330 e. The van der Waals surface area contributed by atoms with Gasteiger partial charge >= 0.3 is 5.69 Å². The van der Waals surface area contributed by atoms with Crippen LogP contribution in [0.15, 0.2) is 27.8 Å². The van der Waals surface area contributed by atoms with E-state index in [1.807, 2.05) is 6.92 Å². The molecule has 1 heterocycles. The van der Waals surface area contributed by atoms with E-state index in [0.29, 0.717) is 37.5 Å². The highest BCUT2D eigenvalue weighted by atomic mass is 16.5. The van der Waals surface area contributed by atoms with Crippen LogP contribution < -0.4 is 11.2 Å². The Hall–Kier alpha value is -2.18. The highest BCUT2D eigenvalue weighted by Gasteiger charge is 2.09. The molecule has 0 fully saturated rings. The maximum atomic E-state index is 11.9. The first kappa shape index (κ1) is 19.1. The van der Waals surface area contributed by atoms with Crippen LogP contribution in [0.4, 0.5) is 0 Å². The third-order valence-corrected chi connectivity index (χ3v) is 4.08. The van der Waals surface area contributed by atoms with Crippen molar-refractivity contribution < 1.29 is 9.47 Å². The van der Waals surface area contributed by atoms with E-state index >= 15 is 0 Å². The molecule has 0 amide bonds. The topological polar surface area (TPSA) is 73.3 Å². The molecule has 0 aliphatic heterocycles. The van der Waals surface area contributed by atoms with Gasteiger partial charge < -0.3 is 9.47 Å². The van der Waals surface area contributed by atoms with Crippen LogP contribution in [0, 0.1) is 20.8 Å². The number of nitrogens with zero attached hydrogens (tertiary/aromatic N) is 1. The Labute approximate surface area is 147 Å². The fourth-order valence-corrected chi connectivity index (χ4v) is 2.91. The van der Waals surface area contributed by atoms with Crippen LogP contribution in [0.3, 0.4) is 0 Å². The number of aromatic nitrogens is 2. The molecule has 1 aromatic carbocycles. The van der Waals surface area contributed by atoms with E-state index in [2.05, 4.69) is 37.0 Å². The molecule has 136 valence electrons. The van der Waals surface area contributed by atoms with Gasteiger partial charge in [-0.2, -0.15) is 0 Å². The second-order valence-electron chi connectivity index (χ2n) is 6.19. The van der Waals surface area contributed by atoms with E-state index in [0.717, 1.165) is 5.56 Å². The molecule has 0 aliphatic carbocycles. The van der Waals surface area contributed by atoms with Crippen molar-refractivity contribution in [3.63, 3.8) is 0 Å². The number of hydrogen-bond acceptors (Lipinski definition) is 4. The number of hydrogen-bond donors (Lipinski definition) is 1. The fraction of sp³-hybridized carbons (Fsp3) is 0.474. The molecular weight excluding hydrogens is 320 g/mol. The zero-order chi connectivity index (χ0) is 18.4. The highest BCUT2D eigenvalue weighted by molar-refractivity contribution is 5.28. The lowest BCUT2D eigenvalue weighted by molar-refractivity contribution is 0.0113. The SMILES string of the molecule is CCc1c(C)n(COCCOCc2cc(C)cc(C)c2)c(=O)[nH]c1=O. The predicted molar refractivity (Wildman–Crippen MR) is 97.0 cm³/mol. The molecule has 6 nitrogen and oxygen atoms in total. The van der Waals surface area contributed by atoms with Gasteiger partial charge in [0.15, 0.2) is 0 Å². The first-order valence-electron chi connectivity index (χ1n) is 8.47. The molecule has 1 aromatic heterocycles. The van der Waals surface area contributed by atoms with Crippen LogP contribution in [0.1, 0.15) is 34.9 Å². The monoisotopic (exact) mass is 346 g/mol. The third kappa shape index (κ3) is 5.14. The summed E-state index contributed by atoms with van der Waals surface area (Å²) < 4.78 is 12.6. The molecule has 2 aromatic rings. The first-order chi connectivity index (χ1) is 11.9. The van der Waals surface area contributed by atoms with Crippen molar-refractivity contribution in [1.82, 2.24) is 9.55 Å². The average molecular weight is 346 g/mol. The second kappa shape index (κ2) is 8.78. The first-order valence-corrected chi connectivity index (χ1v) is 8.47. The van der Waals surface area contributed by atoms with E-state index in [9.17, 15) is 9.59 Å². The molecule has 0 unspecified atom stereocenters. The molecule has 25 heavy (non-hydrogen) atoms. The number of nitrogens with one attached hydrogen (secondary N) is 1. The van der Waals surface area contributed by atoms with E-state index < -0.39 is 5.69 Å². The number of aromatic amines is 1. The zero-order valence-corrected chi connectivity index (χ0v) is 15.3. The minimum Gasteiger partial charge on any atom is -0.374 e. The van der Waals surface area contributed by atoms with Crippen LogP contribution in [0.2, 0.25) is 0 Å². The Bertz CT molecular complexity index is 816. The van der Waals surface area contributed by atoms with Gasteiger partial charge in [-0.1, -0.05) is 36.2 Å². The summed E-state index contributed by atoms with van der Waals surface area (Å²) in [5, 5.41) is 0. The Morgan fingerprint density at radius 1 is 1.00 bits per heavy atom. The molecule has 2 rings (SSSR count). The lowest BCUT2D eigenvalue weighted by Gasteiger charge is -2.13. The molecular formula is C19H26N2O4. The van der Waals surface area contributed by atoms with Gasteiger partial charge in [0.2, 0.25) is 0 Å². The van der Waals surface area contributed by atoms with Gasteiger partial charge in [-0.25, -0.2) is 4.79 Å². The number of H-pyrrole nitrogens is 1. The standard InChI is InChI=1S/C19H26N2O4/c1-5-17-15(4)21(19(23)20-18(17)22)12-25-7-6-24-11-16-9-13(2)8-14(3)10-16/h8-10H,5-7,11-12H2,1-4H3,(H,20,22,23). The number of aryl methyl sites for hydroxylation is 2. The summed E-state index contributed by atoms with van der Waals surface area (Å²) in [6.07, 6.45) is 0.570. The van der Waals surface area contributed by atoms with Crippen LogP contribution in [-0.2, 0) is 29.2 Å². The van der Waals surface area contributed by atoms with Gasteiger partial charge in [-0.15, -0.1) is 0 Å². The Kier molecular flexibility index (Phi) is 6.73. The van der Waals surface area contributed by atoms with Crippen molar-refractivity contribution in [2.24, 2.45) is 0 Å². The molecule has 0 atom stereocenters. The Morgan fingerprint density at radius 3 is 2.28 bits per heavy atom. The average Bonchev–Trinajstić information content (AvgIpc) is 2.52. The number of benzene rings is 1. The molecule has 0 radical (unpaired) electrons. The zero-order valence-electron chi connectivity index (χ0n) is 15.3. The molecule has 0 saturated carbocycles. The van der Waals surface area contributed by atoms with Crippen molar-refractivity contribution in [2.45, 2.75) is 47.5 Å². The summed E-state index contributed by atoms with van der Waals surface area (Å²) in [7, 11) is 0. The molecule has 6 heteroatoms. The maximum Gasteiger partial charge on any atom is 0.330 e. The van der Waals surface area contributed by atoms with Gasteiger partial charge in [0.05, 0.1) is 19.8 Å². The fourth-order valence-electron chi connectivity index (χ4n) is 2.91. The van der Waals surface area contributed by atoms with E-state index in [1.165, 1.54) is 15.7 Å². The van der Waals surface area contributed by atoms with E-state index in [4.69, 9.17) is 9.47 Å². The van der Waals surface area contributed by atoms with Gasteiger partial charge in [-0.05, 0) is 32.8 Å². The third-order valence-electron chi connectivity index (χ3n) is 4.08. The molecule has 0 saturated heterocycles. The van der Waals surface area contributed by atoms with Crippen molar-refractivity contribution in [3.05, 3.63) is 67.0 Å². The van der Waals surface area contributed by atoms with Crippen LogP contribution in [-0.4, -0.2) is 22.8 Å². The molecule has 0 bridgehead atoms. The van der Waals surface area contributed by atoms with Crippen LogP contribution in [0.5, 0.6) is 0 Å². The van der Waals surface area contributed by atoms with Crippen LogP contribution >= 0.6 is 0 Å². The number of ether oxygens (including phenoxy) is 2. The van der Waals surface area contributed by atoms with Gasteiger partial charge in [0, 0.05) is 11.3 Å². The summed E-state index contributed by atoms with van der Waals surface area (Å²) >= 11 is 0. The van der Waals surface area contributed by atoms with Gasteiger partial charge in [-0.3, -0.25) is 14.3 Å². The summed E-state index contributed by atoms with van der Waals surface area (Å²) in [5.74, 6) is 0. The van der Waals surface area contributed by atoms with E-state index in [-0.39, 0.29) is 12.3 Å². The predicted octanol–water partition coefficient (Wildman–Crippen LogP) is 2.22. The maximum absolute atomic E-state index is 11.9. The van der Waals surface area contributed by atoms with Crippen LogP contribution in [0.25, 0.3) is 0 Å². The lowest BCUT2D eigenvalue weighted by atomic mass is 10.1. The summed E-state index contributed by atoms with van der Waals surface area (Å²) in [6, 6.07) is 6.33. The quantitative estimate of drug-likeness (QED) is 0.744. The summed E-state index contributed by atoms with van der Waals surface area (Å²) in [5.41, 5.74) is 4.05.